The van der Waals surface area contributed by atoms with Crippen molar-refractivity contribution in [3.8, 4) is 0 Å². The maximum Gasteiger partial charge on any atom is 0.318 e. The first-order chi connectivity index (χ1) is 10.1. The molecule has 3 fully saturated rings. The number of allylic oxidation sites excluding steroid dienone is 2. The monoisotopic (exact) mass is 306 g/mol. The number of ether oxygens (including phenoxy) is 2. The lowest BCUT2D eigenvalue weighted by molar-refractivity contribution is -0.239. The molecule has 0 aromatic heterocycles. The summed E-state index contributed by atoms with van der Waals surface area (Å²) in [4.78, 5) is 25.1. The standard InChI is InChI=1S/C17H22O5/c1-8-7-10-12-13(15(2)9(8)5-6-11(15)18)22-17(4,20)16(12,3)14(19)21-10/h5-6,8-10,12-13,20H,7H2,1-4H3/t8-,9+,10+,12+,13-,15-,16-,17?/m0/s1. The molecule has 1 N–H and O–H groups in total. The van der Waals surface area contributed by atoms with Gasteiger partial charge in [0.25, 0.3) is 0 Å². The van der Waals surface area contributed by atoms with E-state index >= 15 is 0 Å². The Morgan fingerprint density at radius 1 is 1.27 bits per heavy atom. The van der Waals surface area contributed by atoms with Crippen molar-refractivity contribution in [1.29, 1.82) is 0 Å². The SMILES string of the molecule is C[C@H]1C[C@H]2OC(=O)[C@]3(C)[C@H]2[C@H](OC3(C)O)[C@]2(C)C(=O)C=C[C@H]12. The molecule has 1 saturated carbocycles. The largest absolute Gasteiger partial charge is 0.461 e. The van der Waals surface area contributed by atoms with Crippen LogP contribution in [0.1, 0.15) is 34.1 Å². The van der Waals surface area contributed by atoms with E-state index in [0.717, 1.165) is 0 Å². The van der Waals surface area contributed by atoms with Crippen molar-refractivity contribution in [3.63, 3.8) is 0 Å². The summed E-state index contributed by atoms with van der Waals surface area (Å²) in [6.45, 7) is 7.23. The van der Waals surface area contributed by atoms with E-state index in [1.165, 1.54) is 6.92 Å². The number of ketones is 1. The van der Waals surface area contributed by atoms with E-state index in [-0.39, 0.29) is 29.6 Å². The Balaban J connectivity index is 1.92. The van der Waals surface area contributed by atoms with Gasteiger partial charge >= 0.3 is 5.97 Å². The molecular formula is C17H22O5. The topological polar surface area (TPSA) is 72.8 Å². The van der Waals surface area contributed by atoms with E-state index in [1.54, 1.807) is 13.0 Å². The summed E-state index contributed by atoms with van der Waals surface area (Å²) in [6, 6.07) is 0. The minimum Gasteiger partial charge on any atom is -0.461 e. The second-order valence-corrected chi connectivity index (χ2v) is 7.94. The normalized spacial score (nSPS) is 59.2. The zero-order valence-electron chi connectivity index (χ0n) is 13.3. The zero-order valence-corrected chi connectivity index (χ0v) is 13.3. The summed E-state index contributed by atoms with van der Waals surface area (Å²) in [7, 11) is 0. The van der Waals surface area contributed by atoms with Gasteiger partial charge in [0.1, 0.15) is 11.5 Å². The Labute approximate surface area is 129 Å². The Bertz CT molecular complexity index is 608. The number of rotatable bonds is 0. The van der Waals surface area contributed by atoms with Gasteiger partial charge in [-0.25, -0.2) is 0 Å². The second kappa shape index (κ2) is 3.82. The van der Waals surface area contributed by atoms with E-state index in [2.05, 4.69) is 6.92 Å². The summed E-state index contributed by atoms with van der Waals surface area (Å²) < 4.78 is 11.6. The fourth-order valence-corrected chi connectivity index (χ4v) is 5.33. The van der Waals surface area contributed by atoms with E-state index in [9.17, 15) is 14.7 Å². The van der Waals surface area contributed by atoms with Gasteiger partial charge in [-0.3, -0.25) is 9.59 Å². The molecule has 0 aromatic carbocycles. The number of fused-ring (bicyclic) bond motifs is 2. The quantitative estimate of drug-likeness (QED) is 0.686. The lowest BCUT2D eigenvalue weighted by atomic mass is 9.64. The van der Waals surface area contributed by atoms with Crippen molar-refractivity contribution in [2.24, 2.45) is 28.6 Å². The maximum absolute atomic E-state index is 12.6. The smallest absolute Gasteiger partial charge is 0.318 e. The summed E-state index contributed by atoms with van der Waals surface area (Å²) in [5, 5.41) is 10.8. The molecule has 0 amide bonds. The molecular weight excluding hydrogens is 284 g/mol. The fourth-order valence-electron chi connectivity index (χ4n) is 5.33. The maximum atomic E-state index is 12.6. The molecule has 5 heteroatoms. The minimum atomic E-state index is -1.62. The summed E-state index contributed by atoms with van der Waals surface area (Å²) in [6.07, 6.45) is 3.48. The van der Waals surface area contributed by atoms with Crippen molar-refractivity contribution >= 4 is 11.8 Å². The summed E-state index contributed by atoms with van der Waals surface area (Å²) >= 11 is 0. The first-order valence-electron chi connectivity index (χ1n) is 7.98. The van der Waals surface area contributed by atoms with Gasteiger partial charge in [0, 0.05) is 5.92 Å². The third kappa shape index (κ3) is 1.30. The highest BCUT2D eigenvalue weighted by Gasteiger charge is 2.76. The van der Waals surface area contributed by atoms with Crippen LogP contribution < -0.4 is 0 Å². The lowest BCUT2D eigenvalue weighted by Crippen LogP contribution is -2.47. The molecule has 1 unspecified atom stereocenters. The molecule has 120 valence electrons. The predicted molar refractivity (Wildman–Crippen MR) is 76.5 cm³/mol. The number of aliphatic hydroxyl groups is 1. The highest BCUT2D eigenvalue weighted by atomic mass is 16.7. The predicted octanol–water partition coefficient (Wildman–Crippen LogP) is 1.44. The van der Waals surface area contributed by atoms with Crippen LogP contribution in [0.2, 0.25) is 0 Å². The number of esters is 1. The molecule has 2 aliphatic heterocycles. The van der Waals surface area contributed by atoms with Crippen molar-refractivity contribution in [3.05, 3.63) is 12.2 Å². The number of carbonyl (C=O) groups excluding carboxylic acids is 2. The van der Waals surface area contributed by atoms with Crippen LogP contribution in [0.3, 0.4) is 0 Å². The molecule has 0 aromatic rings. The summed E-state index contributed by atoms with van der Waals surface area (Å²) in [5.74, 6) is -2.04. The molecule has 22 heavy (non-hydrogen) atoms. The molecule has 4 aliphatic rings. The van der Waals surface area contributed by atoms with Crippen molar-refractivity contribution in [2.45, 2.75) is 52.1 Å². The van der Waals surface area contributed by atoms with E-state index in [0.29, 0.717) is 6.42 Å². The van der Waals surface area contributed by atoms with Gasteiger partial charge in [-0.05, 0) is 45.1 Å². The van der Waals surface area contributed by atoms with Crippen LogP contribution in [0.15, 0.2) is 12.2 Å². The van der Waals surface area contributed by atoms with Gasteiger partial charge in [0.2, 0.25) is 0 Å². The molecule has 2 heterocycles. The molecule has 2 saturated heterocycles. The van der Waals surface area contributed by atoms with Gasteiger partial charge in [0.15, 0.2) is 11.6 Å². The van der Waals surface area contributed by atoms with Gasteiger partial charge in [-0.15, -0.1) is 0 Å². The van der Waals surface area contributed by atoms with Gasteiger partial charge in [0.05, 0.1) is 11.5 Å². The molecule has 0 bridgehead atoms. The molecule has 4 rings (SSSR count). The lowest BCUT2D eigenvalue weighted by Gasteiger charge is -2.37. The first-order valence-corrected chi connectivity index (χ1v) is 7.98. The third-order valence-corrected chi connectivity index (χ3v) is 6.88. The van der Waals surface area contributed by atoms with Crippen molar-refractivity contribution in [1.82, 2.24) is 0 Å². The molecule has 0 spiro atoms. The highest BCUT2D eigenvalue weighted by Crippen LogP contribution is 2.64. The van der Waals surface area contributed by atoms with E-state index in [1.807, 2.05) is 13.0 Å². The third-order valence-electron chi connectivity index (χ3n) is 6.88. The molecule has 5 nitrogen and oxygen atoms in total. The van der Waals surface area contributed by atoms with Crippen LogP contribution >= 0.6 is 0 Å². The van der Waals surface area contributed by atoms with E-state index in [4.69, 9.17) is 9.47 Å². The van der Waals surface area contributed by atoms with Gasteiger partial charge in [-0.1, -0.05) is 13.0 Å². The fraction of sp³-hybridized carbons (Fsp3) is 0.765. The number of carbonyl (C=O) groups is 2. The van der Waals surface area contributed by atoms with Crippen LogP contribution in [-0.2, 0) is 19.1 Å². The Hall–Kier alpha value is -1.20. The average molecular weight is 306 g/mol. The van der Waals surface area contributed by atoms with Crippen LogP contribution in [0, 0.1) is 28.6 Å². The van der Waals surface area contributed by atoms with Gasteiger partial charge in [-0.2, -0.15) is 0 Å². The highest BCUT2D eigenvalue weighted by molar-refractivity contribution is 5.98. The van der Waals surface area contributed by atoms with Crippen LogP contribution in [0.5, 0.6) is 0 Å². The summed E-state index contributed by atoms with van der Waals surface area (Å²) in [5.41, 5.74) is -1.86. The zero-order chi connectivity index (χ0) is 16.1. The average Bonchev–Trinajstić information content (AvgIpc) is 2.91. The Morgan fingerprint density at radius 2 is 1.95 bits per heavy atom. The van der Waals surface area contributed by atoms with Crippen LogP contribution in [0.25, 0.3) is 0 Å². The van der Waals surface area contributed by atoms with Crippen molar-refractivity contribution < 1.29 is 24.2 Å². The Kier molecular flexibility index (Phi) is 2.50. The molecule has 8 atom stereocenters. The first kappa shape index (κ1) is 14.4. The van der Waals surface area contributed by atoms with Crippen molar-refractivity contribution in [2.75, 3.05) is 0 Å². The van der Waals surface area contributed by atoms with E-state index < -0.39 is 28.7 Å². The van der Waals surface area contributed by atoms with Crippen LogP contribution in [-0.4, -0.2) is 34.9 Å². The minimum absolute atomic E-state index is 0.0226. The molecule has 2 aliphatic carbocycles. The number of hydrogen-bond donors (Lipinski definition) is 1. The Morgan fingerprint density at radius 3 is 2.64 bits per heavy atom. The van der Waals surface area contributed by atoms with Crippen LogP contribution in [0.4, 0.5) is 0 Å². The molecule has 0 radical (unpaired) electrons. The second-order valence-electron chi connectivity index (χ2n) is 7.94. The number of hydrogen-bond acceptors (Lipinski definition) is 5. The van der Waals surface area contributed by atoms with Gasteiger partial charge < -0.3 is 14.6 Å².